The van der Waals surface area contributed by atoms with E-state index in [1.165, 1.54) is 0 Å². The Kier molecular flexibility index (Phi) is 3.72. The highest BCUT2D eigenvalue weighted by Crippen LogP contribution is 2.51. The molecule has 0 radical (unpaired) electrons. The van der Waals surface area contributed by atoms with Gasteiger partial charge in [-0.25, -0.2) is 0 Å². The maximum absolute atomic E-state index is 7.58. The lowest BCUT2D eigenvalue weighted by Gasteiger charge is -2.06. The molecule has 11 heteroatoms. The largest absolute Gasteiger partial charge is 0.370 e. The Morgan fingerprint density at radius 3 is 1.07 bits per heavy atom. The van der Waals surface area contributed by atoms with Crippen molar-refractivity contribution in [2.45, 2.75) is 0 Å². The van der Waals surface area contributed by atoms with E-state index < -0.39 is 7.51 Å². The zero-order chi connectivity index (χ0) is 11.4. The van der Waals surface area contributed by atoms with Gasteiger partial charge in [-0.1, -0.05) is 0 Å². The van der Waals surface area contributed by atoms with Gasteiger partial charge in [-0.3, -0.25) is 5.16 Å². The van der Waals surface area contributed by atoms with Crippen LogP contribution in [0, 0.1) is 5.16 Å². The predicted molar refractivity (Wildman–Crippen MR) is 57.1 cm³/mol. The van der Waals surface area contributed by atoms with E-state index in [0.717, 1.165) is 0 Å². The van der Waals surface area contributed by atoms with Crippen LogP contribution in [-0.4, -0.2) is 17.9 Å². The van der Waals surface area contributed by atoms with Crippen LogP contribution < -0.4 is 34.4 Å². The Morgan fingerprint density at radius 1 is 0.714 bits per heavy atom. The molecule has 0 amide bonds. The molecule has 0 aliphatic carbocycles. The van der Waals surface area contributed by atoms with Crippen LogP contribution in [0.2, 0.25) is 0 Å². The van der Waals surface area contributed by atoms with Crippen molar-refractivity contribution in [3.8, 4) is 0 Å². The summed E-state index contributed by atoms with van der Waals surface area (Å²) in [6.07, 6.45) is 0. The van der Waals surface area contributed by atoms with Crippen molar-refractivity contribution in [2.75, 3.05) is 0 Å². The Bertz CT molecular complexity index is 273. The van der Waals surface area contributed by atoms with Gasteiger partial charge in [-0.2, -0.15) is 14.3 Å². The van der Waals surface area contributed by atoms with E-state index in [2.05, 4.69) is 14.3 Å². The minimum absolute atomic E-state index is 0.372. The molecule has 13 N–H and O–H groups in total. The topological polar surface area (TPSA) is 217 Å². The van der Waals surface area contributed by atoms with Crippen LogP contribution in [0.3, 0.4) is 0 Å². The molecular formula is C3H13N10P. The monoisotopic (exact) mass is 220 g/mol. The van der Waals surface area contributed by atoms with Gasteiger partial charge in [0.2, 0.25) is 0 Å². The zero-order valence-electron chi connectivity index (χ0n) is 7.25. The molecule has 0 aliphatic heterocycles. The summed E-state index contributed by atoms with van der Waals surface area (Å²) in [4.78, 5) is 0. The fourth-order valence-corrected chi connectivity index (χ4v) is 1.65. The quantitative estimate of drug-likeness (QED) is 0.152. The summed E-state index contributed by atoms with van der Waals surface area (Å²) >= 11 is 0. The molecule has 0 fully saturated rings. The highest BCUT2D eigenvalue weighted by atomic mass is 31.2. The first-order chi connectivity index (χ1) is 6.25. The van der Waals surface area contributed by atoms with Crippen molar-refractivity contribution in [1.82, 2.24) is 0 Å². The smallest absolute Gasteiger partial charge is 0.306 e. The van der Waals surface area contributed by atoms with Crippen molar-refractivity contribution in [3.05, 3.63) is 0 Å². The van der Waals surface area contributed by atoms with Gasteiger partial charge in [-0.15, -0.1) is 0 Å². The predicted octanol–water partition coefficient (Wildman–Crippen LogP) is -2.67. The molecule has 0 aromatic heterocycles. The molecule has 0 rings (SSSR count). The van der Waals surface area contributed by atoms with Crippen LogP contribution in [-0.2, 0) is 0 Å². The maximum Gasteiger partial charge on any atom is 0.306 e. The fraction of sp³-hybridized carbons (Fsp3) is 0. The van der Waals surface area contributed by atoms with E-state index in [-0.39, 0.29) is 17.9 Å². The zero-order valence-corrected chi connectivity index (χ0v) is 8.15. The molecule has 0 aliphatic rings. The first-order valence-electron chi connectivity index (χ1n) is 3.23. The van der Waals surface area contributed by atoms with E-state index in [1.807, 2.05) is 0 Å². The molecule has 0 heterocycles. The SMILES string of the molecule is N=P(N=C(N)N)(N=C(N)N)N=C(N)N. The summed E-state index contributed by atoms with van der Waals surface area (Å²) in [5, 5.41) is 7.58. The second kappa shape index (κ2) is 4.33. The number of hydrogen-bond acceptors (Lipinski definition) is 1. The lowest BCUT2D eigenvalue weighted by Crippen LogP contribution is -2.25. The molecule has 0 bridgehead atoms. The van der Waals surface area contributed by atoms with Crippen molar-refractivity contribution < 1.29 is 0 Å². The van der Waals surface area contributed by atoms with Crippen LogP contribution in [0.15, 0.2) is 14.3 Å². The van der Waals surface area contributed by atoms with Crippen LogP contribution in [0.25, 0.3) is 0 Å². The van der Waals surface area contributed by atoms with Crippen molar-refractivity contribution in [1.29, 1.82) is 5.16 Å². The second-order valence-electron chi connectivity index (χ2n) is 2.14. The lowest BCUT2D eigenvalue weighted by atomic mass is 11.1. The number of nitrogens with two attached hydrogens (primary N) is 6. The Balaban J connectivity index is 5.30. The van der Waals surface area contributed by atoms with E-state index in [9.17, 15) is 0 Å². The molecule has 10 nitrogen and oxygen atoms in total. The van der Waals surface area contributed by atoms with Gasteiger partial charge in [0, 0.05) is 0 Å². The fourth-order valence-electron chi connectivity index (χ4n) is 0.550. The number of nitrogens with one attached hydrogen (secondary N) is 1. The highest BCUT2D eigenvalue weighted by molar-refractivity contribution is 7.61. The molecule has 0 saturated heterocycles. The molecule has 0 aromatic rings. The summed E-state index contributed by atoms with van der Waals surface area (Å²) in [6, 6.07) is 0. The summed E-state index contributed by atoms with van der Waals surface area (Å²) in [5.41, 5.74) is 30.4. The van der Waals surface area contributed by atoms with Crippen molar-refractivity contribution >= 4 is 25.4 Å². The minimum atomic E-state index is -3.37. The van der Waals surface area contributed by atoms with E-state index in [1.54, 1.807) is 0 Å². The maximum atomic E-state index is 7.58. The summed E-state index contributed by atoms with van der Waals surface area (Å²) < 4.78 is 10.3. The lowest BCUT2D eigenvalue weighted by molar-refractivity contribution is 1.37. The van der Waals surface area contributed by atoms with Crippen molar-refractivity contribution in [2.24, 2.45) is 48.7 Å². The summed E-state index contributed by atoms with van der Waals surface area (Å²) in [7, 11) is -3.37. The summed E-state index contributed by atoms with van der Waals surface area (Å²) in [6.45, 7) is 0. The van der Waals surface area contributed by atoms with Crippen LogP contribution in [0.1, 0.15) is 0 Å². The molecule has 14 heavy (non-hydrogen) atoms. The van der Waals surface area contributed by atoms with E-state index in [4.69, 9.17) is 39.6 Å². The van der Waals surface area contributed by atoms with Gasteiger partial charge in [0.05, 0.1) is 0 Å². The van der Waals surface area contributed by atoms with Gasteiger partial charge in [0.15, 0.2) is 17.9 Å². The third-order valence-electron chi connectivity index (χ3n) is 0.765. The highest BCUT2D eigenvalue weighted by Gasteiger charge is 2.14. The van der Waals surface area contributed by atoms with E-state index >= 15 is 0 Å². The summed E-state index contributed by atoms with van der Waals surface area (Å²) in [5.74, 6) is -1.12. The number of rotatable bonds is 3. The van der Waals surface area contributed by atoms with Gasteiger partial charge >= 0.3 is 7.51 Å². The standard InChI is InChI=1S/C3H13N10P/c4-1(5)11-14(10,12-2(6)7)13-3(8)9/h(H13,4,5,6,7,8,9,10,11,12,13). The normalized spacial score (nSPS) is 10.0. The molecular weight excluding hydrogens is 207 g/mol. The third kappa shape index (κ3) is 4.83. The first kappa shape index (κ1) is 12.0. The van der Waals surface area contributed by atoms with Crippen LogP contribution >= 0.6 is 7.51 Å². The second-order valence-corrected chi connectivity index (χ2v) is 3.88. The van der Waals surface area contributed by atoms with Gasteiger partial charge < -0.3 is 34.4 Å². The van der Waals surface area contributed by atoms with Crippen molar-refractivity contribution in [3.63, 3.8) is 0 Å². The number of hydrogen-bond donors (Lipinski definition) is 7. The van der Waals surface area contributed by atoms with Gasteiger partial charge in [0.25, 0.3) is 0 Å². The van der Waals surface area contributed by atoms with Crippen LogP contribution in [0.5, 0.6) is 0 Å². The van der Waals surface area contributed by atoms with Gasteiger partial charge in [0.1, 0.15) is 0 Å². The van der Waals surface area contributed by atoms with Crippen LogP contribution in [0.4, 0.5) is 0 Å². The molecule has 80 valence electrons. The molecule has 0 spiro atoms. The molecule has 0 aromatic carbocycles. The third-order valence-corrected chi connectivity index (χ3v) is 2.29. The average molecular weight is 220 g/mol. The first-order valence-corrected chi connectivity index (χ1v) is 4.87. The Morgan fingerprint density at radius 2 is 0.929 bits per heavy atom. The average Bonchev–Trinajstić information content (AvgIpc) is 1.76. The van der Waals surface area contributed by atoms with Gasteiger partial charge in [-0.05, 0) is 0 Å². The molecule has 0 atom stereocenters. The Hall–Kier alpha value is -1.96. The number of nitrogens with zero attached hydrogens (tertiary/aromatic N) is 3. The van der Waals surface area contributed by atoms with E-state index in [0.29, 0.717) is 0 Å². The number of guanidine groups is 3. The molecule has 0 unspecified atom stereocenters. The Labute approximate surface area is 80.1 Å². The molecule has 0 saturated carbocycles. The minimum Gasteiger partial charge on any atom is -0.370 e.